The largest absolute Gasteiger partial charge is 0.457 e. The van der Waals surface area contributed by atoms with Crippen LogP contribution in [0.3, 0.4) is 0 Å². The van der Waals surface area contributed by atoms with E-state index in [2.05, 4.69) is 86.8 Å². The minimum Gasteiger partial charge on any atom is -0.457 e. The minimum absolute atomic E-state index is 0.0359. The summed E-state index contributed by atoms with van der Waals surface area (Å²) in [6.07, 6.45) is 44.1. The highest BCUT2D eigenvalue weighted by molar-refractivity contribution is 5.69. The molecule has 2 rings (SSSR count). The third kappa shape index (κ3) is 34.1. The molecule has 11 unspecified atom stereocenters. The molecule has 2 fully saturated rings. The molecule has 0 bridgehead atoms. The summed E-state index contributed by atoms with van der Waals surface area (Å²) in [4.78, 5) is 13.0. The van der Waals surface area contributed by atoms with Crippen molar-refractivity contribution in [1.29, 1.82) is 0 Å². The molecule has 0 spiro atoms. The number of allylic oxidation sites excluding steroid dienone is 12. The van der Waals surface area contributed by atoms with Gasteiger partial charge in [0.15, 0.2) is 12.6 Å². The van der Waals surface area contributed by atoms with Crippen LogP contribution in [0.15, 0.2) is 72.9 Å². The Kier molecular flexibility index (Phi) is 43.3. The van der Waals surface area contributed by atoms with E-state index >= 15 is 0 Å². The number of esters is 1. The highest BCUT2D eigenvalue weighted by atomic mass is 16.7. The van der Waals surface area contributed by atoms with E-state index in [4.69, 9.17) is 28.4 Å². The first-order valence-corrected chi connectivity index (χ1v) is 29.5. The topological polar surface area (TPSA) is 214 Å². The minimum atomic E-state index is -1.72. The van der Waals surface area contributed by atoms with Crippen LogP contribution in [0.2, 0.25) is 0 Å². The summed E-state index contributed by atoms with van der Waals surface area (Å²) in [5.74, 6) is -0.432. The summed E-state index contributed by atoms with van der Waals surface area (Å²) in [6.45, 7) is 3.51. The molecule has 2 aliphatic rings. The Hall–Kier alpha value is -2.57. The van der Waals surface area contributed by atoms with Gasteiger partial charge in [0.05, 0.1) is 26.4 Å². The summed E-state index contributed by atoms with van der Waals surface area (Å²) >= 11 is 0. The molecular weight excluding hydrogens is 957 g/mol. The number of hydrogen-bond donors (Lipinski definition) is 7. The second kappa shape index (κ2) is 47.4. The number of unbranched alkanes of at least 4 members (excludes halogenated alkanes) is 21. The average Bonchev–Trinajstić information content (AvgIpc) is 3.41. The summed E-state index contributed by atoms with van der Waals surface area (Å²) in [6, 6.07) is 0. The first kappa shape index (κ1) is 68.5. The van der Waals surface area contributed by atoms with Gasteiger partial charge in [-0.05, 0) is 77.0 Å². The molecule has 2 saturated heterocycles. The van der Waals surface area contributed by atoms with E-state index in [-0.39, 0.29) is 19.6 Å². The van der Waals surface area contributed by atoms with Crippen molar-refractivity contribution >= 4 is 5.97 Å². The van der Waals surface area contributed by atoms with Gasteiger partial charge in [-0.15, -0.1) is 0 Å². The van der Waals surface area contributed by atoms with Crippen LogP contribution in [0.25, 0.3) is 0 Å². The third-order valence-corrected chi connectivity index (χ3v) is 13.7. The predicted molar refractivity (Wildman–Crippen MR) is 298 cm³/mol. The van der Waals surface area contributed by atoms with Crippen molar-refractivity contribution in [3.8, 4) is 0 Å². The summed E-state index contributed by atoms with van der Waals surface area (Å²) < 4.78 is 34.3. The Balaban J connectivity index is 1.72. The fourth-order valence-corrected chi connectivity index (χ4v) is 8.96. The fraction of sp³-hybridized carbons (Fsp3) is 0.787. The number of ether oxygens (including phenoxy) is 6. The van der Waals surface area contributed by atoms with Gasteiger partial charge < -0.3 is 64.2 Å². The predicted octanol–water partition coefficient (Wildman–Crippen LogP) is 10.6. The lowest BCUT2D eigenvalue weighted by Gasteiger charge is -2.42. The molecule has 11 atom stereocenters. The van der Waals surface area contributed by atoms with Gasteiger partial charge in [-0.1, -0.05) is 196 Å². The maximum absolute atomic E-state index is 13.0. The van der Waals surface area contributed by atoms with E-state index in [0.717, 1.165) is 51.4 Å². The second-order valence-electron chi connectivity index (χ2n) is 20.4. The van der Waals surface area contributed by atoms with Gasteiger partial charge in [-0.25, -0.2) is 0 Å². The van der Waals surface area contributed by atoms with E-state index in [9.17, 15) is 40.5 Å². The van der Waals surface area contributed by atoms with Crippen molar-refractivity contribution in [3.63, 3.8) is 0 Å². The van der Waals surface area contributed by atoms with E-state index in [0.29, 0.717) is 19.4 Å². The van der Waals surface area contributed by atoms with Crippen LogP contribution >= 0.6 is 0 Å². The Morgan fingerprint density at radius 2 is 0.867 bits per heavy atom. The second-order valence-corrected chi connectivity index (χ2v) is 20.4. The van der Waals surface area contributed by atoms with Crippen LogP contribution in [-0.4, -0.2) is 142 Å². The number of hydrogen-bond acceptors (Lipinski definition) is 14. The normalized spacial score (nSPS) is 25.1. The number of aliphatic hydroxyl groups is 7. The smallest absolute Gasteiger partial charge is 0.306 e. The first-order valence-electron chi connectivity index (χ1n) is 29.5. The number of aliphatic hydroxyl groups excluding tert-OH is 7. The lowest BCUT2D eigenvalue weighted by Crippen LogP contribution is -2.61. The Labute approximate surface area is 453 Å². The van der Waals surface area contributed by atoms with Crippen molar-refractivity contribution in [2.75, 3.05) is 33.0 Å². The van der Waals surface area contributed by atoms with Gasteiger partial charge in [0, 0.05) is 13.0 Å². The Morgan fingerprint density at radius 3 is 1.37 bits per heavy atom. The molecule has 14 nitrogen and oxygen atoms in total. The van der Waals surface area contributed by atoms with E-state index in [1.165, 1.54) is 122 Å². The molecule has 0 aromatic carbocycles. The zero-order chi connectivity index (χ0) is 54.4. The summed E-state index contributed by atoms with van der Waals surface area (Å²) in [5.41, 5.74) is 0. The highest BCUT2D eigenvalue weighted by Gasteiger charge is 2.47. The van der Waals surface area contributed by atoms with Crippen molar-refractivity contribution in [1.82, 2.24) is 0 Å². The molecule has 14 heteroatoms. The van der Waals surface area contributed by atoms with Gasteiger partial charge in [0.2, 0.25) is 0 Å². The van der Waals surface area contributed by atoms with E-state index in [1.807, 2.05) is 0 Å². The molecule has 0 amide bonds. The molecule has 0 aromatic rings. The van der Waals surface area contributed by atoms with Crippen LogP contribution in [0.4, 0.5) is 0 Å². The quantitative estimate of drug-likeness (QED) is 0.0172. The van der Waals surface area contributed by atoms with Gasteiger partial charge in [-0.3, -0.25) is 4.79 Å². The molecular formula is C61H106O14. The van der Waals surface area contributed by atoms with Crippen LogP contribution < -0.4 is 0 Å². The average molecular weight is 1060 g/mol. The van der Waals surface area contributed by atoms with Crippen LogP contribution in [-0.2, 0) is 33.2 Å². The first-order chi connectivity index (χ1) is 36.6. The summed E-state index contributed by atoms with van der Waals surface area (Å²) in [5, 5.41) is 72.3. The zero-order valence-corrected chi connectivity index (χ0v) is 46.5. The molecule has 75 heavy (non-hydrogen) atoms. The van der Waals surface area contributed by atoms with Gasteiger partial charge in [0.25, 0.3) is 0 Å². The maximum atomic E-state index is 13.0. The molecule has 7 N–H and O–H groups in total. The molecule has 2 aliphatic heterocycles. The maximum Gasteiger partial charge on any atom is 0.306 e. The van der Waals surface area contributed by atoms with Crippen LogP contribution in [0.5, 0.6) is 0 Å². The molecule has 2 heterocycles. The van der Waals surface area contributed by atoms with Gasteiger partial charge in [0.1, 0.15) is 54.9 Å². The Bertz CT molecular complexity index is 1510. The fourth-order valence-electron chi connectivity index (χ4n) is 8.96. The Morgan fingerprint density at radius 1 is 0.453 bits per heavy atom. The third-order valence-electron chi connectivity index (χ3n) is 13.7. The summed E-state index contributed by atoms with van der Waals surface area (Å²) in [7, 11) is 0. The molecule has 434 valence electrons. The monoisotopic (exact) mass is 1060 g/mol. The van der Waals surface area contributed by atoms with Crippen molar-refractivity contribution in [2.45, 2.75) is 274 Å². The standard InChI is InChI=1S/C61H106O14/c1-3-5-7-9-11-13-15-17-19-21-22-23-24-25-26-27-29-31-33-35-37-39-41-43-45-70-47-50(73-53(63)44-42-40-38-36-34-32-30-28-20-18-16-14-12-10-8-6-4-2)48-71-60-59(69)57(67)55(65)52(75-60)49-72-61-58(68)56(66)54(64)51(46-62)74-61/h6,8,12,14,18,20-22,30,32,36,38,50-52,54-62,64-69H,3-5,7,9-11,13,15-17,19,23-29,31,33-35,37,39-49H2,1-2H3/b8-6-,14-12-,20-18-,22-21-,32-30-,38-36-. The van der Waals surface area contributed by atoms with E-state index < -0.39 is 86.7 Å². The van der Waals surface area contributed by atoms with Crippen molar-refractivity contribution in [3.05, 3.63) is 72.9 Å². The highest BCUT2D eigenvalue weighted by Crippen LogP contribution is 2.26. The molecule has 0 aliphatic carbocycles. The molecule has 0 aromatic heterocycles. The SMILES string of the molecule is CC/C=C\C/C=C\C/C=C\C/C=C\C/C=C\CCCC(=O)OC(COCCCCCCCCCCCCCC/C=C\CCCCCCCCCC)COC1OC(COC2OC(CO)C(O)C(O)C2O)C(O)C(O)C1O. The van der Waals surface area contributed by atoms with E-state index in [1.54, 1.807) is 0 Å². The molecule has 0 radical (unpaired) electrons. The van der Waals surface area contributed by atoms with Crippen LogP contribution in [0.1, 0.15) is 206 Å². The molecule has 0 saturated carbocycles. The van der Waals surface area contributed by atoms with Gasteiger partial charge >= 0.3 is 5.97 Å². The number of carbonyl (C=O) groups excluding carboxylic acids is 1. The lowest BCUT2D eigenvalue weighted by molar-refractivity contribution is -0.332. The van der Waals surface area contributed by atoms with Crippen LogP contribution in [0, 0.1) is 0 Å². The lowest BCUT2D eigenvalue weighted by atomic mass is 9.98. The van der Waals surface area contributed by atoms with Crippen molar-refractivity contribution in [2.24, 2.45) is 0 Å². The van der Waals surface area contributed by atoms with Gasteiger partial charge in [-0.2, -0.15) is 0 Å². The van der Waals surface area contributed by atoms with Crippen molar-refractivity contribution < 1.29 is 69.0 Å². The zero-order valence-electron chi connectivity index (χ0n) is 46.5. The number of rotatable bonds is 47. The number of carbonyl (C=O) groups is 1.